The third-order valence-corrected chi connectivity index (χ3v) is 3.82. The molecule has 0 amide bonds. The van der Waals surface area contributed by atoms with Crippen LogP contribution in [0, 0.1) is 0 Å². The van der Waals surface area contributed by atoms with E-state index in [0.29, 0.717) is 0 Å². The van der Waals surface area contributed by atoms with Crippen LogP contribution in [0.25, 0.3) is 0 Å². The molecular weight excluding hydrogens is 268 g/mol. The average molecular weight is 286 g/mol. The molecule has 0 aliphatic rings. The van der Waals surface area contributed by atoms with Crippen molar-refractivity contribution in [3.63, 3.8) is 0 Å². The average Bonchev–Trinajstić information content (AvgIpc) is 2.61. The van der Waals surface area contributed by atoms with Crippen LogP contribution in [0.15, 0.2) is 84.9 Å². The van der Waals surface area contributed by atoms with Crippen LogP contribution in [0.3, 0.4) is 0 Å². The molecule has 3 aromatic carbocycles. The number of carbonyl (C=O) groups excluding carboxylic acids is 1. The highest BCUT2D eigenvalue weighted by molar-refractivity contribution is 6.09. The first kappa shape index (κ1) is 14.3. The molecule has 0 unspecified atom stereocenters. The maximum Gasteiger partial charge on any atom is 0.193 e. The van der Waals surface area contributed by atoms with Gasteiger partial charge in [0.1, 0.15) is 0 Å². The van der Waals surface area contributed by atoms with Gasteiger partial charge in [0.25, 0.3) is 0 Å². The van der Waals surface area contributed by atoms with Gasteiger partial charge >= 0.3 is 0 Å². The summed E-state index contributed by atoms with van der Waals surface area (Å²) >= 11 is 0. The molecule has 0 fully saturated rings. The van der Waals surface area contributed by atoms with E-state index < -0.39 is 0 Å². The highest BCUT2D eigenvalue weighted by Gasteiger charge is 2.12. The molecule has 3 rings (SSSR count). The van der Waals surface area contributed by atoms with Gasteiger partial charge in [-0.15, -0.1) is 0 Å². The molecule has 0 saturated carbocycles. The Morgan fingerprint density at radius 3 is 1.95 bits per heavy atom. The maximum absolute atomic E-state index is 12.7. The van der Waals surface area contributed by atoms with E-state index in [2.05, 4.69) is 30.3 Å². The molecule has 0 atom stereocenters. The van der Waals surface area contributed by atoms with Gasteiger partial charge in [0.2, 0.25) is 0 Å². The van der Waals surface area contributed by atoms with Crippen molar-refractivity contribution in [2.75, 3.05) is 0 Å². The lowest BCUT2D eigenvalue weighted by Crippen LogP contribution is -2.06. The van der Waals surface area contributed by atoms with E-state index in [1.54, 1.807) is 0 Å². The largest absolute Gasteiger partial charge is 0.289 e. The van der Waals surface area contributed by atoms with Crippen LogP contribution < -0.4 is 0 Å². The maximum atomic E-state index is 12.7. The fraction of sp³-hybridized carbons (Fsp3) is 0.0952. The molecule has 0 bridgehead atoms. The predicted molar refractivity (Wildman–Crippen MR) is 90.2 cm³/mol. The summed E-state index contributed by atoms with van der Waals surface area (Å²) in [6.07, 6.45) is 1.82. The van der Waals surface area contributed by atoms with Gasteiger partial charge in [-0.1, -0.05) is 84.9 Å². The first-order valence-electron chi connectivity index (χ1n) is 7.56. The third kappa shape index (κ3) is 3.32. The van der Waals surface area contributed by atoms with Crippen molar-refractivity contribution in [3.05, 3.63) is 107 Å². The lowest BCUT2D eigenvalue weighted by molar-refractivity contribution is 0.103. The molecule has 0 saturated heterocycles. The van der Waals surface area contributed by atoms with E-state index in [1.165, 1.54) is 5.56 Å². The van der Waals surface area contributed by atoms with Crippen molar-refractivity contribution in [1.29, 1.82) is 0 Å². The standard InChI is InChI=1S/C21H18O/c22-21(19-12-5-2-6-13-19)20-14-8-7-11-18(20)16-15-17-9-3-1-4-10-17/h1-14H,15-16H2. The molecule has 0 aliphatic heterocycles. The van der Waals surface area contributed by atoms with Crippen LogP contribution >= 0.6 is 0 Å². The van der Waals surface area contributed by atoms with Crippen LogP contribution in [-0.2, 0) is 12.8 Å². The molecular formula is C21H18O. The van der Waals surface area contributed by atoms with Gasteiger partial charge in [-0.05, 0) is 24.0 Å². The number of ketones is 1. The molecule has 0 radical (unpaired) electrons. The lowest BCUT2D eigenvalue weighted by Gasteiger charge is -2.09. The van der Waals surface area contributed by atoms with Gasteiger partial charge < -0.3 is 0 Å². The molecule has 0 N–H and O–H groups in total. The first-order chi connectivity index (χ1) is 10.8. The zero-order valence-electron chi connectivity index (χ0n) is 12.4. The van der Waals surface area contributed by atoms with Crippen molar-refractivity contribution in [2.45, 2.75) is 12.8 Å². The van der Waals surface area contributed by atoms with Crippen LogP contribution in [0.2, 0.25) is 0 Å². The van der Waals surface area contributed by atoms with E-state index in [4.69, 9.17) is 0 Å². The zero-order valence-corrected chi connectivity index (χ0v) is 12.4. The van der Waals surface area contributed by atoms with Gasteiger partial charge in [-0.25, -0.2) is 0 Å². The number of carbonyl (C=O) groups is 1. The summed E-state index contributed by atoms with van der Waals surface area (Å²) in [4.78, 5) is 12.7. The Balaban J connectivity index is 1.82. The van der Waals surface area contributed by atoms with E-state index >= 15 is 0 Å². The van der Waals surface area contributed by atoms with Crippen LogP contribution in [0.5, 0.6) is 0 Å². The summed E-state index contributed by atoms with van der Waals surface area (Å²) in [5, 5.41) is 0. The summed E-state index contributed by atoms with van der Waals surface area (Å²) in [5.41, 5.74) is 3.96. The lowest BCUT2D eigenvalue weighted by atomic mass is 9.94. The molecule has 0 aromatic heterocycles. The second-order valence-electron chi connectivity index (χ2n) is 5.34. The van der Waals surface area contributed by atoms with Gasteiger partial charge in [0, 0.05) is 11.1 Å². The Bertz CT molecular complexity index is 745. The van der Waals surface area contributed by atoms with Gasteiger partial charge in [0.05, 0.1) is 0 Å². The smallest absolute Gasteiger partial charge is 0.193 e. The molecule has 1 nitrogen and oxygen atoms in total. The quantitative estimate of drug-likeness (QED) is 0.621. The molecule has 0 spiro atoms. The summed E-state index contributed by atoms with van der Waals surface area (Å²) in [6.45, 7) is 0. The summed E-state index contributed by atoms with van der Waals surface area (Å²) in [7, 11) is 0. The van der Waals surface area contributed by atoms with Gasteiger partial charge in [-0.2, -0.15) is 0 Å². The minimum atomic E-state index is 0.101. The number of rotatable bonds is 5. The Morgan fingerprint density at radius 2 is 1.23 bits per heavy atom. The van der Waals surface area contributed by atoms with E-state index in [0.717, 1.165) is 29.5 Å². The molecule has 22 heavy (non-hydrogen) atoms. The van der Waals surface area contributed by atoms with Gasteiger partial charge in [-0.3, -0.25) is 4.79 Å². The van der Waals surface area contributed by atoms with Crippen LogP contribution in [0.1, 0.15) is 27.0 Å². The Morgan fingerprint density at radius 1 is 0.636 bits per heavy atom. The van der Waals surface area contributed by atoms with Gasteiger partial charge in [0.15, 0.2) is 5.78 Å². The van der Waals surface area contributed by atoms with E-state index in [9.17, 15) is 4.79 Å². The molecule has 0 heterocycles. The van der Waals surface area contributed by atoms with Crippen molar-refractivity contribution >= 4 is 5.78 Å². The second-order valence-corrected chi connectivity index (χ2v) is 5.34. The zero-order chi connectivity index (χ0) is 15.2. The molecule has 3 aromatic rings. The van der Waals surface area contributed by atoms with E-state index in [-0.39, 0.29) is 5.78 Å². The number of hydrogen-bond donors (Lipinski definition) is 0. The second kappa shape index (κ2) is 6.86. The molecule has 1 heteroatoms. The fourth-order valence-electron chi connectivity index (χ4n) is 2.63. The monoisotopic (exact) mass is 286 g/mol. The number of benzene rings is 3. The van der Waals surface area contributed by atoms with Crippen molar-refractivity contribution in [1.82, 2.24) is 0 Å². The first-order valence-corrected chi connectivity index (χ1v) is 7.56. The summed E-state index contributed by atoms with van der Waals surface area (Å²) in [6, 6.07) is 27.8. The van der Waals surface area contributed by atoms with Crippen LogP contribution in [-0.4, -0.2) is 5.78 Å². The Kier molecular flexibility index (Phi) is 4.45. The predicted octanol–water partition coefficient (Wildman–Crippen LogP) is 4.70. The van der Waals surface area contributed by atoms with E-state index in [1.807, 2.05) is 54.6 Å². The number of aryl methyl sites for hydroxylation is 2. The van der Waals surface area contributed by atoms with Crippen molar-refractivity contribution < 1.29 is 4.79 Å². The third-order valence-electron chi connectivity index (χ3n) is 3.82. The molecule has 0 aliphatic carbocycles. The van der Waals surface area contributed by atoms with Crippen LogP contribution in [0.4, 0.5) is 0 Å². The topological polar surface area (TPSA) is 17.1 Å². The Hall–Kier alpha value is -2.67. The number of hydrogen-bond acceptors (Lipinski definition) is 1. The Labute approximate surface area is 131 Å². The molecule has 108 valence electrons. The fourth-order valence-corrected chi connectivity index (χ4v) is 2.63. The van der Waals surface area contributed by atoms with Crippen molar-refractivity contribution in [2.24, 2.45) is 0 Å². The summed E-state index contributed by atoms with van der Waals surface area (Å²) in [5.74, 6) is 0.101. The minimum Gasteiger partial charge on any atom is -0.289 e. The van der Waals surface area contributed by atoms with Crippen molar-refractivity contribution in [3.8, 4) is 0 Å². The SMILES string of the molecule is O=C(c1ccccc1)c1ccccc1CCc1ccccc1. The minimum absolute atomic E-state index is 0.101. The normalized spacial score (nSPS) is 10.4. The highest BCUT2D eigenvalue weighted by Crippen LogP contribution is 2.17. The highest BCUT2D eigenvalue weighted by atomic mass is 16.1. The summed E-state index contributed by atoms with van der Waals surface area (Å²) < 4.78 is 0.